The second-order valence-electron chi connectivity index (χ2n) is 5.76. The Morgan fingerprint density at radius 3 is 2.80 bits per heavy atom. The smallest absolute Gasteiger partial charge is 0.253 e. The molecule has 2 atom stereocenters. The highest BCUT2D eigenvalue weighted by Crippen LogP contribution is 2.31. The van der Waals surface area contributed by atoms with Crippen LogP contribution in [0.15, 0.2) is 39.8 Å². The van der Waals surface area contributed by atoms with Crippen molar-refractivity contribution in [1.82, 2.24) is 5.43 Å². The van der Waals surface area contributed by atoms with Gasteiger partial charge in [-0.05, 0) is 44.9 Å². The Labute approximate surface area is 155 Å². The standard InChI is InChI=1S/C15H22N6O2S2/c1-10(2)16-15(19-24)18-17-13-7-6-12(9-14(13)20-25(22)23)21-8-4-5-11(21)3/h6-7,9,11,17,20H,1,4-5,8H2,2-3H3,(H,16,18)(H,22,23)/p-1. The lowest BCUT2D eigenvalue weighted by Crippen LogP contribution is -2.29. The number of allylic oxidation sites excluding steroid dienone is 1. The number of nitrogens with one attached hydrogen (secondary N) is 3. The number of benzene rings is 1. The summed E-state index contributed by atoms with van der Waals surface area (Å²) >= 11 is 2.20. The lowest BCUT2D eigenvalue weighted by molar-refractivity contribution is 0.542. The van der Waals surface area contributed by atoms with Gasteiger partial charge in [0.05, 0.1) is 11.4 Å². The molecule has 0 amide bonds. The Morgan fingerprint density at radius 1 is 1.48 bits per heavy atom. The summed E-state index contributed by atoms with van der Waals surface area (Å²) in [4.78, 5) is 6.27. The minimum Gasteiger partial charge on any atom is -0.755 e. The lowest BCUT2D eigenvalue weighted by atomic mass is 10.2. The third-order valence-corrected chi connectivity index (χ3v) is 4.33. The van der Waals surface area contributed by atoms with E-state index >= 15 is 0 Å². The van der Waals surface area contributed by atoms with E-state index in [0.717, 1.165) is 25.1 Å². The van der Waals surface area contributed by atoms with Crippen molar-refractivity contribution in [1.29, 1.82) is 0 Å². The van der Waals surface area contributed by atoms with Gasteiger partial charge < -0.3 is 14.2 Å². The van der Waals surface area contributed by atoms with Gasteiger partial charge in [-0.25, -0.2) is 4.99 Å². The van der Waals surface area contributed by atoms with Gasteiger partial charge in [0.2, 0.25) is 0 Å². The SMILES string of the molecule is C=C(C)N=C(N=S)NNc1ccc(N2CCCC2C)cc1NS(=O)[O-]. The van der Waals surface area contributed by atoms with Crippen LogP contribution in [0.3, 0.4) is 0 Å². The molecule has 1 aromatic rings. The molecule has 3 N–H and O–H groups in total. The van der Waals surface area contributed by atoms with E-state index in [0.29, 0.717) is 23.1 Å². The van der Waals surface area contributed by atoms with E-state index in [1.165, 1.54) is 0 Å². The van der Waals surface area contributed by atoms with Crippen molar-refractivity contribution < 1.29 is 8.76 Å². The van der Waals surface area contributed by atoms with Gasteiger partial charge in [-0.15, -0.1) is 4.36 Å². The molecule has 1 heterocycles. The number of aliphatic imine (C=N–C) groups is 1. The highest BCUT2D eigenvalue weighted by Gasteiger charge is 2.21. The van der Waals surface area contributed by atoms with E-state index in [9.17, 15) is 8.76 Å². The first-order chi connectivity index (χ1) is 11.9. The average molecular weight is 382 g/mol. The zero-order chi connectivity index (χ0) is 18.4. The van der Waals surface area contributed by atoms with Gasteiger partial charge in [0.25, 0.3) is 5.96 Å². The minimum atomic E-state index is -2.45. The van der Waals surface area contributed by atoms with Crippen molar-refractivity contribution in [2.45, 2.75) is 32.7 Å². The number of hydrogen-bond donors (Lipinski definition) is 3. The van der Waals surface area contributed by atoms with Crippen LogP contribution in [0.4, 0.5) is 17.1 Å². The summed E-state index contributed by atoms with van der Waals surface area (Å²) < 4.78 is 28.2. The summed E-state index contributed by atoms with van der Waals surface area (Å²) in [5.74, 6) is 0.161. The topological polar surface area (TPSA) is 104 Å². The third-order valence-electron chi connectivity index (χ3n) is 3.77. The third kappa shape index (κ3) is 5.48. The van der Waals surface area contributed by atoms with Crippen LogP contribution in [-0.2, 0) is 23.7 Å². The summed E-state index contributed by atoms with van der Waals surface area (Å²) in [7, 11) is 0. The molecule has 2 rings (SSSR count). The summed E-state index contributed by atoms with van der Waals surface area (Å²) in [5.41, 5.74) is 8.05. The molecular formula is C15H21N6O2S2-. The van der Waals surface area contributed by atoms with Crippen molar-refractivity contribution in [3.05, 3.63) is 30.5 Å². The fourth-order valence-corrected chi connectivity index (χ4v) is 3.12. The quantitative estimate of drug-likeness (QED) is 0.303. The fraction of sp³-hybridized carbons (Fsp3) is 0.400. The molecule has 10 heteroatoms. The second-order valence-corrected chi connectivity index (χ2v) is 6.62. The molecule has 1 fully saturated rings. The first-order valence-corrected chi connectivity index (χ1v) is 9.21. The molecule has 0 aliphatic carbocycles. The van der Waals surface area contributed by atoms with Gasteiger partial charge in [-0.2, -0.15) is 0 Å². The molecule has 25 heavy (non-hydrogen) atoms. The summed E-state index contributed by atoms with van der Waals surface area (Å²) in [6.45, 7) is 8.48. The predicted molar refractivity (Wildman–Crippen MR) is 104 cm³/mol. The fourth-order valence-electron chi connectivity index (χ4n) is 2.69. The first-order valence-electron chi connectivity index (χ1n) is 7.77. The zero-order valence-electron chi connectivity index (χ0n) is 14.1. The van der Waals surface area contributed by atoms with Gasteiger partial charge in [-0.3, -0.25) is 15.1 Å². The second kappa shape index (κ2) is 8.88. The van der Waals surface area contributed by atoms with E-state index in [4.69, 9.17) is 0 Å². The van der Waals surface area contributed by atoms with Crippen LogP contribution >= 0.6 is 0 Å². The zero-order valence-corrected chi connectivity index (χ0v) is 15.7. The van der Waals surface area contributed by atoms with Crippen LogP contribution < -0.4 is 20.5 Å². The van der Waals surface area contributed by atoms with Crippen molar-refractivity contribution in [2.75, 3.05) is 21.6 Å². The molecular weight excluding hydrogens is 360 g/mol. The molecule has 136 valence electrons. The molecule has 0 bridgehead atoms. The van der Waals surface area contributed by atoms with Crippen LogP contribution in [0, 0.1) is 0 Å². The van der Waals surface area contributed by atoms with Crippen LogP contribution in [0.1, 0.15) is 26.7 Å². The van der Waals surface area contributed by atoms with Gasteiger partial charge in [0, 0.05) is 47.7 Å². The van der Waals surface area contributed by atoms with E-state index in [2.05, 4.69) is 55.8 Å². The van der Waals surface area contributed by atoms with Crippen LogP contribution in [-0.4, -0.2) is 27.3 Å². The Morgan fingerprint density at radius 2 is 2.24 bits per heavy atom. The molecule has 0 aromatic heterocycles. The van der Waals surface area contributed by atoms with Crippen LogP contribution in [0.5, 0.6) is 0 Å². The molecule has 0 radical (unpaired) electrons. The van der Waals surface area contributed by atoms with Crippen molar-refractivity contribution >= 4 is 46.7 Å². The number of hydrazine groups is 1. The Bertz CT molecular complexity index is 709. The van der Waals surface area contributed by atoms with Gasteiger partial charge in [0.1, 0.15) is 0 Å². The number of guanidine groups is 1. The van der Waals surface area contributed by atoms with Gasteiger partial charge in [-0.1, -0.05) is 6.58 Å². The molecule has 1 aliphatic heterocycles. The highest BCUT2D eigenvalue weighted by molar-refractivity contribution is 7.80. The summed E-state index contributed by atoms with van der Waals surface area (Å²) in [5, 5.41) is 0. The maximum absolute atomic E-state index is 11.1. The van der Waals surface area contributed by atoms with Crippen molar-refractivity contribution in [2.24, 2.45) is 9.36 Å². The molecule has 0 saturated carbocycles. The Hall–Kier alpha value is -2.04. The van der Waals surface area contributed by atoms with Gasteiger partial charge >= 0.3 is 0 Å². The number of rotatable bonds is 6. The van der Waals surface area contributed by atoms with Gasteiger partial charge in [0.15, 0.2) is 0 Å². The molecule has 1 aliphatic rings. The maximum atomic E-state index is 11.1. The molecule has 0 spiro atoms. The lowest BCUT2D eigenvalue weighted by Gasteiger charge is -2.25. The Kier molecular flexibility index (Phi) is 6.85. The first kappa shape index (κ1) is 19.3. The Balaban J connectivity index is 2.22. The van der Waals surface area contributed by atoms with E-state index < -0.39 is 11.3 Å². The van der Waals surface area contributed by atoms with E-state index in [1.54, 1.807) is 19.1 Å². The summed E-state index contributed by atoms with van der Waals surface area (Å²) in [6, 6.07) is 5.94. The predicted octanol–water partition coefficient (Wildman–Crippen LogP) is 2.42. The number of hydrogen-bond acceptors (Lipinski definition) is 6. The number of anilines is 3. The maximum Gasteiger partial charge on any atom is 0.253 e. The highest BCUT2D eigenvalue weighted by atomic mass is 32.2. The average Bonchev–Trinajstić information content (AvgIpc) is 2.97. The largest absolute Gasteiger partial charge is 0.755 e. The monoisotopic (exact) mass is 381 g/mol. The van der Waals surface area contributed by atoms with Crippen molar-refractivity contribution in [3.63, 3.8) is 0 Å². The van der Waals surface area contributed by atoms with Crippen molar-refractivity contribution in [3.8, 4) is 0 Å². The molecule has 1 saturated heterocycles. The normalized spacial score (nSPS) is 18.6. The number of nitrogens with zero attached hydrogens (tertiary/aromatic N) is 3. The van der Waals surface area contributed by atoms with Crippen LogP contribution in [0.2, 0.25) is 0 Å². The minimum absolute atomic E-state index is 0.161. The van der Waals surface area contributed by atoms with E-state index in [-0.39, 0.29) is 5.96 Å². The van der Waals surface area contributed by atoms with E-state index in [1.807, 2.05) is 6.07 Å². The molecule has 8 nitrogen and oxygen atoms in total. The summed E-state index contributed by atoms with van der Waals surface area (Å²) in [6.07, 6.45) is 2.25. The molecule has 1 aromatic carbocycles. The molecule has 2 unspecified atom stereocenters. The van der Waals surface area contributed by atoms with Crippen LogP contribution in [0.25, 0.3) is 0 Å².